The van der Waals surface area contributed by atoms with E-state index in [-0.39, 0.29) is 5.91 Å². The van der Waals surface area contributed by atoms with Crippen molar-refractivity contribution in [3.05, 3.63) is 46.2 Å². The van der Waals surface area contributed by atoms with Crippen molar-refractivity contribution in [2.45, 2.75) is 20.3 Å². The second-order valence-electron chi connectivity index (χ2n) is 4.89. The molecule has 1 heterocycles. The summed E-state index contributed by atoms with van der Waals surface area (Å²) < 4.78 is 12.1. The summed E-state index contributed by atoms with van der Waals surface area (Å²) in [7, 11) is 0. The first-order valence-electron chi connectivity index (χ1n) is 7.71. The number of nitrogens with one attached hydrogen (secondary N) is 2. The van der Waals surface area contributed by atoms with Crippen LogP contribution >= 0.6 is 15.9 Å². The van der Waals surface area contributed by atoms with Crippen LogP contribution in [0.3, 0.4) is 0 Å². The van der Waals surface area contributed by atoms with Crippen molar-refractivity contribution >= 4 is 28.1 Å². The van der Waals surface area contributed by atoms with Gasteiger partial charge in [-0.25, -0.2) is 5.43 Å². The Balaban J connectivity index is 2.12. The highest BCUT2D eigenvalue weighted by Crippen LogP contribution is 2.36. The molecule has 2 aromatic rings. The monoisotopic (exact) mass is 393 g/mol. The average molecular weight is 394 g/mol. The van der Waals surface area contributed by atoms with Gasteiger partial charge in [-0.05, 0) is 59.1 Å². The van der Waals surface area contributed by atoms with Gasteiger partial charge in [0.25, 0.3) is 5.91 Å². The number of aromatic amines is 1. The average Bonchev–Trinajstić information content (AvgIpc) is 3.09. The maximum atomic E-state index is 11.8. The Labute approximate surface area is 149 Å². The Bertz CT molecular complexity index is 699. The van der Waals surface area contributed by atoms with E-state index in [0.29, 0.717) is 30.4 Å². The minimum absolute atomic E-state index is 0.303. The largest absolute Gasteiger partial charge is 0.490 e. The minimum Gasteiger partial charge on any atom is -0.490 e. The lowest BCUT2D eigenvalue weighted by molar-refractivity contribution is 0.0951. The van der Waals surface area contributed by atoms with Crippen molar-refractivity contribution in [3.63, 3.8) is 0 Å². The van der Waals surface area contributed by atoms with Gasteiger partial charge in [0.15, 0.2) is 11.5 Å². The molecule has 1 aromatic carbocycles. The van der Waals surface area contributed by atoms with Crippen LogP contribution in [0.2, 0.25) is 0 Å². The SMILES string of the molecule is CCCOc1c(Br)cc(/C=N\NC(=O)c2ccc[nH]2)cc1OCC. The molecule has 7 heteroatoms. The number of amides is 1. The molecule has 0 saturated heterocycles. The molecule has 2 rings (SSSR count). The van der Waals surface area contributed by atoms with Gasteiger partial charge in [0, 0.05) is 6.20 Å². The molecule has 128 valence electrons. The van der Waals surface area contributed by atoms with E-state index in [2.05, 4.69) is 31.4 Å². The normalized spacial score (nSPS) is 10.8. The van der Waals surface area contributed by atoms with E-state index in [1.54, 1.807) is 24.5 Å². The quantitative estimate of drug-likeness (QED) is 0.529. The van der Waals surface area contributed by atoms with E-state index in [0.717, 1.165) is 16.5 Å². The lowest BCUT2D eigenvalue weighted by Gasteiger charge is -2.14. The van der Waals surface area contributed by atoms with Gasteiger partial charge in [0.05, 0.1) is 23.9 Å². The highest BCUT2D eigenvalue weighted by atomic mass is 79.9. The molecule has 0 fully saturated rings. The van der Waals surface area contributed by atoms with E-state index in [9.17, 15) is 4.79 Å². The lowest BCUT2D eigenvalue weighted by atomic mass is 10.2. The first-order valence-corrected chi connectivity index (χ1v) is 8.51. The number of carbonyl (C=O) groups excluding carboxylic acids is 1. The zero-order valence-corrected chi connectivity index (χ0v) is 15.2. The van der Waals surface area contributed by atoms with Gasteiger partial charge in [-0.2, -0.15) is 5.10 Å². The molecule has 0 aliphatic rings. The molecule has 0 bridgehead atoms. The van der Waals surface area contributed by atoms with Crippen molar-refractivity contribution in [1.29, 1.82) is 0 Å². The predicted octanol–water partition coefficient (Wildman–Crippen LogP) is 3.73. The first-order chi connectivity index (χ1) is 11.7. The molecule has 24 heavy (non-hydrogen) atoms. The summed E-state index contributed by atoms with van der Waals surface area (Å²) in [5.74, 6) is 1.01. The Morgan fingerprint density at radius 1 is 1.38 bits per heavy atom. The summed E-state index contributed by atoms with van der Waals surface area (Å²) in [6.45, 7) is 5.09. The lowest BCUT2D eigenvalue weighted by Crippen LogP contribution is -2.17. The number of hydrogen-bond acceptors (Lipinski definition) is 4. The van der Waals surface area contributed by atoms with Gasteiger partial charge < -0.3 is 14.5 Å². The molecule has 0 radical (unpaired) electrons. The number of hydrogen-bond donors (Lipinski definition) is 2. The molecule has 2 N–H and O–H groups in total. The third-order valence-electron chi connectivity index (χ3n) is 3.00. The van der Waals surface area contributed by atoms with Crippen LogP contribution in [-0.2, 0) is 0 Å². The molecule has 0 atom stereocenters. The topological polar surface area (TPSA) is 75.7 Å². The summed E-state index contributed by atoms with van der Waals surface area (Å²) in [6, 6.07) is 7.11. The van der Waals surface area contributed by atoms with Gasteiger partial charge in [-0.3, -0.25) is 4.79 Å². The molecule has 0 spiro atoms. The Morgan fingerprint density at radius 3 is 2.88 bits per heavy atom. The molecule has 0 saturated carbocycles. The third-order valence-corrected chi connectivity index (χ3v) is 3.59. The zero-order valence-electron chi connectivity index (χ0n) is 13.6. The summed E-state index contributed by atoms with van der Waals surface area (Å²) in [4.78, 5) is 14.6. The van der Waals surface area contributed by atoms with Crippen LogP contribution in [0.25, 0.3) is 0 Å². The molecule has 6 nitrogen and oxygen atoms in total. The minimum atomic E-state index is -0.303. The number of H-pyrrole nitrogens is 1. The van der Waals surface area contributed by atoms with E-state index in [1.165, 1.54) is 0 Å². The number of benzene rings is 1. The molecule has 1 aromatic heterocycles. The van der Waals surface area contributed by atoms with Crippen LogP contribution in [0.4, 0.5) is 0 Å². The summed E-state index contributed by atoms with van der Waals surface area (Å²) >= 11 is 3.49. The second kappa shape index (κ2) is 9.12. The Morgan fingerprint density at radius 2 is 2.21 bits per heavy atom. The molecular formula is C17H20BrN3O3. The van der Waals surface area contributed by atoms with Gasteiger partial charge in [0.2, 0.25) is 0 Å². The van der Waals surface area contributed by atoms with Gasteiger partial charge in [-0.15, -0.1) is 0 Å². The van der Waals surface area contributed by atoms with Crippen molar-refractivity contribution in [3.8, 4) is 11.5 Å². The maximum absolute atomic E-state index is 11.8. The number of ether oxygens (including phenoxy) is 2. The number of rotatable bonds is 8. The van der Waals surface area contributed by atoms with Crippen molar-refractivity contribution in [2.75, 3.05) is 13.2 Å². The summed E-state index contributed by atoms with van der Waals surface area (Å²) in [6.07, 6.45) is 4.14. The van der Waals surface area contributed by atoms with Gasteiger partial charge in [-0.1, -0.05) is 6.92 Å². The maximum Gasteiger partial charge on any atom is 0.287 e. The number of nitrogens with zero attached hydrogens (tertiary/aromatic N) is 1. The number of halogens is 1. The molecular weight excluding hydrogens is 374 g/mol. The second-order valence-corrected chi connectivity index (χ2v) is 5.75. The van der Waals surface area contributed by atoms with Crippen LogP contribution in [0, 0.1) is 0 Å². The van der Waals surface area contributed by atoms with E-state index >= 15 is 0 Å². The zero-order chi connectivity index (χ0) is 17.4. The van der Waals surface area contributed by atoms with E-state index < -0.39 is 0 Å². The standard InChI is InChI=1S/C17H20BrN3O3/c1-3-8-24-16-13(18)9-12(10-15(16)23-4-2)11-20-21-17(22)14-6-5-7-19-14/h5-7,9-11,19H,3-4,8H2,1-2H3,(H,21,22)/b20-11-. The van der Waals surface area contributed by atoms with Crippen LogP contribution in [0.1, 0.15) is 36.3 Å². The molecule has 0 unspecified atom stereocenters. The Hall–Kier alpha value is -2.28. The van der Waals surface area contributed by atoms with Crippen molar-refractivity contribution < 1.29 is 14.3 Å². The molecule has 0 aliphatic heterocycles. The molecule has 1 amide bonds. The third kappa shape index (κ3) is 4.86. The fourth-order valence-electron chi connectivity index (χ4n) is 1.97. The van der Waals surface area contributed by atoms with Gasteiger partial charge in [0.1, 0.15) is 5.69 Å². The molecule has 0 aliphatic carbocycles. The Kier molecular flexibility index (Phi) is 6.87. The van der Waals surface area contributed by atoms with Crippen molar-refractivity contribution in [1.82, 2.24) is 10.4 Å². The number of carbonyl (C=O) groups is 1. The smallest absolute Gasteiger partial charge is 0.287 e. The van der Waals surface area contributed by atoms with Crippen LogP contribution in [0.15, 0.2) is 40.0 Å². The highest BCUT2D eigenvalue weighted by Gasteiger charge is 2.11. The number of hydrazone groups is 1. The van der Waals surface area contributed by atoms with Crippen molar-refractivity contribution in [2.24, 2.45) is 5.10 Å². The van der Waals surface area contributed by atoms with E-state index in [4.69, 9.17) is 9.47 Å². The highest BCUT2D eigenvalue weighted by molar-refractivity contribution is 9.10. The summed E-state index contributed by atoms with van der Waals surface area (Å²) in [5, 5.41) is 3.97. The van der Waals surface area contributed by atoms with Crippen LogP contribution in [0.5, 0.6) is 11.5 Å². The fourth-order valence-corrected chi connectivity index (χ4v) is 2.54. The number of aromatic nitrogens is 1. The predicted molar refractivity (Wildman–Crippen MR) is 96.9 cm³/mol. The summed E-state index contributed by atoms with van der Waals surface area (Å²) in [5.41, 5.74) is 3.69. The van der Waals surface area contributed by atoms with Gasteiger partial charge >= 0.3 is 0 Å². The first kappa shape index (κ1) is 18.1. The van der Waals surface area contributed by atoms with Crippen LogP contribution in [-0.4, -0.2) is 30.3 Å². The fraction of sp³-hybridized carbons (Fsp3) is 0.294. The van der Waals surface area contributed by atoms with Crippen LogP contribution < -0.4 is 14.9 Å². The van der Waals surface area contributed by atoms with E-state index in [1.807, 2.05) is 26.0 Å².